The van der Waals surface area contributed by atoms with Crippen LogP contribution in [0.15, 0.2) is 18.2 Å². The molecule has 0 spiro atoms. The van der Waals surface area contributed by atoms with Gasteiger partial charge in [-0.3, -0.25) is 9.59 Å². The Labute approximate surface area is 135 Å². The molecule has 0 saturated carbocycles. The van der Waals surface area contributed by atoms with E-state index in [1.165, 1.54) is 4.90 Å². The zero-order valence-electron chi connectivity index (χ0n) is 14.0. The number of fused-ring (bicyclic) bond motifs is 1. The Morgan fingerprint density at radius 3 is 2.65 bits per heavy atom. The summed E-state index contributed by atoms with van der Waals surface area (Å²) in [4.78, 5) is 26.0. The van der Waals surface area contributed by atoms with E-state index < -0.39 is 0 Å². The van der Waals surface area contributed by atoms with Gasteiger partial charge >= 0.3 is 0 Å². The van der Waals surface area contributed by atoms with E-state index in [1.807, 2.05) is 33.8 Å². The lowest BCUT2D eigenvalue weighted by atomic mass is 10.1. The normalized spacial score (nSPS) is 11.0. The molecule has 0 unspecified atom stereocenters. The zero-order valence-corrected chi connectivity index (χ0v) is 14.0. The predicted octanol–water partition coefficient (Wildman–Crippen LogP) is 1.44. The summed E-state index contributed by atoms with van der Waals surface area (Å²) in [5.41, 5.74) is 2.09. The van der Waals surface area contributed by atoms with Gasteiger partial charge in [0.1, 0.15) is 5.52 Å². The second-order valence-corrected chi connectivity index (χ2v) is 5.65. The van der Waals surface area contributed by atoms with Crippen LogP contribution < -0.4 is 5.32 Å². The molecule has 0 saturated heterocycles. The molecule has 7 nitrogen and oxygen atoms in total. The van der Waals surface area contributed by atoms with Gasteiger partial charge in [0.15, 0.2) is 0 Å². The van der Waals surface area contributed by atoms with Crippen LogP contribution in [0.3, 0.4) is 0 Å². The number of nitrogens with one attached hydrogen (secondary N) is 1. The minimum Gasteiger partial charge on any atom is -0.352 e. The average Bonchev–Trinajstić information content (AvgIpc) is 2.93. The molecule has 2 rings (SSSR count). The van der Waals surface area contributed by atoms with Crippen LogP contribution in [0, 0.1) is 0 Å². The third-order valence-corrected chi connectivity index (χ3v) is 3.51. The Morgan fingerprint density at radius 2 is 2.04 bits per heavy atom. The van der Waals surface area contributed by atoms with Crippen molar-refractivity contribution in [3.05, 3.63) is 23.8 Å². The Hall–Kier alpha value is -2.44. The van der Waals surface area contributed by atoms with Crippen LogP contribution >= 0.6 is 0 Å². The lowest BCUT2D eigenvalue weighted by Crippen LogP contribution is -2.42. The molecular weight excluding hydrogens is 294 g/mol. The van der Waals surface area contributed by atoms with Crippen LogP contribution in [-0.2, 0) is 11.3 Å². The van der Waals surface area contributed by atoms with Crippen molar-refractivity contribution in [1.29, 1.82) is 0 Å². The molecule has 1 aromatic carbocycles. The molecule has 0 aliphatic carbocycles. The summed E-state index contributed by atoms with van der Waals surface area (Å²) in [5.74, 6) is -0.340. The van der Waals surface area contributed by atoms with Crippen LogP contribution in [0.5, 0.6) is 0 Å². The van der Waals surface area contributed by atoms with Gasteiger partial charge in [-0.1, -0.05) is 5.21 Å². The molecule has 2 aromatic rings. The molecule has 1 heterocycles. The van der Waals surface area contributed by atoms with Crippen molar-refractivity contribution in [1.82, 2.24) is 25.2 Å². The zero-order chi connectivity index (χ0) is 17.0. The molecule has 23 heavy (non-hydrogen) atoms. The first-order valence-electron chi connectivity index (χ1n) is 7.88. The van der Waals surface area contributed by atoms with Crippen molar-refractivity contribution in [2.45, 2.75) is 40.3 Å². The number of likely N-dealkylation sites (N-methyl/N-ethyl adjacent to an activating group) is 1. The van der Waals surface area contributed by atoms with Crippen molar-refractivity contribution >= 4 is 22.8 Å². The molecule has 0 aliphatic rings. The fraction of sp³-hybridized carbons (Fsp3) is 0.500. The Bertz CT molecular complexity index is 708. The SMILES string of the molecule is CCN(CC(=O)NC(C)C)C(=O)c1ccc2c(c1)nnn2CC. The fourth-order valence-corrected chi connectivity index (χ4v) is 2.39. The fourth-order valence-electron chi connectivity index (χ4n) is 2.39. The second-order valence-electron chi connectivity index (χ2n) is 5.65. The highest BCUT2D eigenvalue weighted by atomic mass is 16.2. The number of nitrogens with zero attached hydrogens (tertiary/aromatic N) is 4. The molecule has 0 fully saturated rings. The van der Waals surface area contributed by atoms with Gasteiger partial charge in [0, 0.05) is 24.7 Å². The van der Waals surface area contributed by atoms with Gasteiger partial charge in [0.25, 0.3) is 5.91 Å². The summed E-state index contributed by atoms with van der Waals surface area (Å²) >= 11 is 0. The number of hydrogen-bond acceptors (Lipinski definition) is 4. The molecule has 1 N–H and O–H groups in total. The van der Waals surface area contributed by atoms with Crippen LogP contribution in [0.1, 0.15) is 38.1 Å². The number of amides is 2. The Balaban J connectivity index is 2.18. The van der Waals surface area contributed by atoms with Crippen molar-refractivity contribution in [2.75, 3.05) is 13.1 Å². The molecule has 0 bridgehead atoms. The third-order valence-electron chi connectivity index (χ3n) is 3.51. The van der Waals surface area contributed by atoms with Gasteiger partial charge in [0.05, 0.1) is 12.1 Å². The number of carbonyl (C=O) groups excluding carboxylic acids is 2. The van der Waals surface area contributed by atoms with Crippen LogP contribution in [0.25, 0.3) is 11.0 Å². The second kappa shape index (κ2) is 7.21. The average molecular weight is 317 g/mol. The summed E-state index contributed by atoms with van der Waals surface area (Å²) in [7, 11) is 0. The minimum absolute atomic E-state index is 0.0488. The number of benzene rings is 1. The van der Waals surface area contributed by atoms with Gasteiger partial charge in [-0.25, -0.2) is 4.68 Å². The van der Waals surface area contributed by atoms with E-state index in [0.29, 0.717) is 17.6 Å². The Morgan fingerprint density at radius 1 is 1.30 bits per heavy atom. The van der Waals surface area contributed by atoms with E-state index >= 15 is 0 Å². The Kier molecular flexibility index (Phi) is 5.31. The smallest absolute Gasteiger partial charge is 0.254 e. The third kappa shape index (κ3) is 3.85. The van der Waals surface area contributed by atoms with Crippen LogP contribution in [0.2, 0.25) is 0 Å². The van der Waals surface area contributed by atoms with Gasteiger partial charge in [0.2, 0.25) is 5.91 Å². The quantitative estimate of drug-likeness (QED) is 0.874. The van der Waals surface area contributed by atoms with Gasteiger partial charge in [-0.2, -0.15) is 0 Å². The molecule has 1 aromatic heterocycles. The number of carbonyl (C=O) groups is 2. The highest BCUT2D eigenvalue weighted by Crippen LogP contribution is 2.15. The molecule has 0 atom stereocenters. The highest BCUT2D eigenvalue weighted by molar-refractivity contribution is 5.99. The summed E-state index contributed by atoms with van der Waals surface area (Å²) in [5, 5.41) is 10.9. The lowest BCUT2D eigenvalue weighted by Gasteiger charge is -2.21. The van der Waals surface area contributed by atoms with E-state index in [-0.39, 0.29) is 24.4 Å². The first-order valence-corrected chi connectivity index (χ1v) is 7.88. The monoisotopic (exact) mass is 317 g/mol. The lowest BCUT2D eigenvalue weighted by molar-refractivity contribution is -0.122. The molecular formula is C16H23N5O2. The van der Waals surface area contributed by atoms with Crippen LogP contribution in [0.4, 0.5) is 0 Å². The largest absolute Gasteiger partial charge is 0.352 e. The van der Waals surface area contributed by atoms with Gasteiger partial charge < -0.3 is 10.2 Å². The van der Waals surface area contributed by atoms with E-state index in [4.69, 9.17) is 0 Å². The molecule has 124 valence electrons. The van der Waals surface area contributed by atoms with Gasteiger partial charge in [-0.15, -0.1) is 5.10 Å². The molecule has 0 aliphatic heterocycles. The molecule has 7 heteroatoms. The van der Waals surface area contributed by atoms with Crippen LogP contribution in [-0.4, -0.2) is 50.8 Å². The van der Waals surface area contributed by atoms with E-state index in [0.717, 1.165) is 12.1 Å². The first kappa shape index (κ1) is 16.9. The summed E-state index contributed by atoms with van der Waals surface area (Å²) in [6.07, 6.45) is 0. The standard InChI is InChI=1S/C16H23N5O2/c1-5-20(10-15(22)17-11(3)4)16(23)12-7-8-14-13(9-12)18-19-21(14)6-2/h7-9,11H,5-6,10H2,1-4H3,(H,17,22). The van der Waals surface area contributed by atoms with E-state index in [2.05, 4.69) is 15.6 Å². The summed E-state index contributed by atoms with van der Waals surface area (Å²) in [6.45, 7) is 8.85. The summed E-state index contributed by atoms with van der Waals surface area (Å²) < 4.78 is 1.78. The predicted molar refractivity (Wildman–Crippen MR) is 88.1 cm³/mol. The highest BCUT2D eigenvalue weighted by Gasteiger charge is 2.18. The van der Waals surface area contributed by atoms with Crippen molar-refractivity contribution < 1.29 is 9.59 Å². The van der Waals surface area contributed by atoms with Gasteiger partial charge in [-0.05, 0) is 45.9 Å². The maximum Gasteiger partial charge on any atom is 0.254 e. The maximum atomic E-state index is 12.6. The number of rotatable bonds is 6. The number of aromatic nitrogens is 3. The van der Waals surface area contributed by atoms with E-state index in [9.17, 15) is 9.59 Å². The molecule has 2 amide bonds. The number of hydrogen-bond donors (Lipinski definition) is 1. The van der Waals surface area contributed by atoms with Crippen molar-refractivity contribution in [2.24, 2.45) is 0 Å². The molecule has 0 radical (unpaired) electrons. The number of aryl methyl sites for hydroxylation is 1. The first-order chi connectivity index (χ1) is 11.0. The summed E-state index contributed by atoms with van der Waals surface area (Å²) in [6, 6.07) is 5.37. The minimum atomic E-state index is -0.181. The maximum absolute atomic E-state index is 12.6. The van der Waals surface area contributed by atoms with E-state index in [1.54, 1.807) is 16.8 Å². The topological polar surface area (TPSA) is 80.1 Å². The van der Waals surface area contributed by atoms with Crippen molar-refractivity contribution in [3.63, 3.8) is 0 Å². The van der Waals surface area contributed by atoms with Crippen molar-refractivity contribution in [3.8, 4) is 0 Å².